The lowest BCUT2D eigenvalue weighted by molar-refractivity contribution is -0.870. The zero-order chi connectivity index (χ0) is 61.9. The minimum atomic E-state index is -4.58. The van der Waals surface area contributed by atoms with E-state index in [1.165, 1.54) is 315 Å². The maximum absolute atomic E-state index is 13.1. The van der Waals surface area contributed by atoms with Crippen molar-refractivity contribution >= 4 is 13.7 Å². The number of aliphatic hydroxyl groups excluding tert-OH is 1. The number of likely N-dealkylation sites (N-methyl/N-ethyl adjacent to an activating group) is 1. The second-order valence-corrected chi connectivity index (χ2v) is 28.8. The van der Waals surface area contributed by atoms with Crippen molar-refractivity contribution in [2.75, 3.05) is 40.9 Å². The number of hydrogen-bond donors (Lipinski definition) is 2. The van der Waals surface area contributed by atoms with E-state index in [-0.39, 0.29) is 19.1 Å². The van der Waals surface area contributed by atoms with Crippen LogP contribution in [0.25, 0.3) is 0 Å². The minimum absolute atomic E-state index is 0.0148. The lowest BCUT2D eigenvalue weighted by atomic mass is 10.0. The lowest BCUT2D eigenvalue weighted by Gasteiger charge is -2.30. The highest BCUT2D eigenvalue weighted by Gasteiger charge is 2.24. The molecule has 0 heterocycles. The molecule has 3 atom stereocenters. The third-order valence-electron chi connectivity index (χ3n) is 17.6. The van der Waals surface area contributed by atoms with E-state index in [2.05, 4.69) is 55.6 Å². The third kappa shape index (κ3) is 70.0. The minimum Gasteiger partial charge on any atom is -0.756 e. The fourth-order valence-corrected chi connectivity index (χ4v) is 12.5. The van der Waals surface area contributed by atoms with Crippen LogP contribution in [0, 0.1) is 0 Å². The molecule has 0 aromatic heterocycles. The van der Waals surface area contributed by atoms with Gasteiger partial charge < -0.3 is 28.8 Å². The standard InChI is InChI=1S/C76H149N2O6P/c1-6-8-10-12-14-16-18-20-22-24-26-28-30-32-34-35-36-37-38-39-40-41-42-43-44-46-48-50-52-54-56-58-60-62-64-66-68-70-76(80)77-74(73-84-85(81,82)83-72-71-78(3,4)5)75(79)69-67-65-63-61-59-57-55-53-51-49-47-45-33-31-29-27-25-23-21-19-17-15-13-11-9-7-2/h18,20,24,26,30,32,74-75,79H,6-17,19,21-23,25,27-29,31,33-73H2,1-5H3,(H-,77,80,81,82)/b20-18-,26-24-,32-30-. The lowest BCUT2D eigenvalue weighted by Crippen LogP contribution is -2.46. The largest absolute Gasteiger partial charge is 0.756 e. The molecule has 0 aliphatic rings. The van der Waals surface area contributed by atoms with Gasteiger partial charge in [0.25, 0.3) is 7.82 Å². The van der Waals surface area contributed by atoms with Gasteiger partial charge in [0.1, 0.15) is 13.2 Å². The molecule has 9 heteroatoms. The Hall–Kier alpha value is -1.28. The van der Waals surface area contributed by atoms with Crippen LogP contribution in [0.5, 0.6) is 0 Å². The van der Waals surface area contributed by atoms with Crippen molar-refractivity contribution < 1.29 is 32.9 Å². The first kappa shape index (κ1) is 83.7. The monoisotopic (exact) mass is 1220 g/mol. The molecule has 0 aliphatic heterocycles. The Morgan fingerprint density at radius 2 is 0.682 bits per heavy atom. The van der Waals surface area contributed by atoms with E-state index in [9.17, 15) is 19.4 Å². The molecule has 2 N–H and O–H groups in total. The first-order valence-corrected chi connectivity index (χ1v) is 39.3. The van der Waals surface area contributed by atoms with Crippen molar-refractivity contribution in [3.05, 3.63) is 36.5 Å². The number of allylic oxidation sites excluding steroid dienone is 6. The highest BCUT2D eigenvalue weighted by Crippen LogP contribution is 2.38. The van der Waals surface area contributed by atoms with Gasteiger partial charge >= 0.3 is 0 Å². The van der Waals surface area contributed by atoms with Crippen LogP contribution < -0.4 is 10.2 Å². The molecule has 0 aromatic carbocycles. The molecule has 0 saturated carbocycles. The highest BCUT2D eigenvalue weighted by molar-refractivity contribution is 7.45. The summed E-state index contributed by atoms with van der Waals surface area (Å²) in [5.74, 6) is -0.156. The Bertz CT molecular complexity index is 1480. The molecule has 0 fully saturated rings. The maximum Gasteiger partial charge on any atom is 0.268 e. The van der Waals surface area contributed by atoms with Crippen molar-refractivity contribution in [3.8, 4) is 0 Å². The number of phosphoric acid groups is 1. The van der Waals surface area contributed by atoms with Gasteiger partial charge in [0.2, 0.25) is 5.91 Å². The van der Waals surface area contributed by atoms with Crippen molar-refractivity contribution in [1.29, 1.82) is 0 Å². The topological polar surface area (TPSA) is 108 Å². The Labute approximate surface area is 531 Å². The molecule has 8 nitrogen and oxygen atoms in total. The van der Waals surface area contributed by atoms with Crippen LogP contribution in [-0.4, -0.2) is 68.5 Å². The predicted octanol–water partition coefficient (Wildman–Crippen LogP) is 23.8. The molecule has 0 saturated heterocycles. The Kier molecular flexibility index (Phi) is 66.1. The molecule has 0 radical (unpaired) electrons. The predicted molar refractivity (Wildman–Crippen MR) is 372 cm³/mol. The fourth-order valence-electron chi connectivity index (χ4n) is 11.8. The summed E-state index contributed by atoms with van der Waals surface area (Å²) in [4.78, 5) is 25.7. The zero-order valence-electron chi connectivity index (χ0n) is 57.8. The number of rotatable bonds is 71. The molecule has 0 bridgehead atoms. The Balaban J connectivity index is 3.94. The van der Waals surface area contributed by atoms with E-state index in [1.54, 1.807) is 0 Å². The average Bonchev–Trinajstić information content (AvgIpc) is 3.49. The summed E-state index contributed by atoms with van der Waals surface area (Å²) in [6, 6.07) is -0.800. The molecule has 85 heavy (non-hydrogen) atoms. The summed E-state index contributed by atoms with van der Waals surface area (Å²) < 4.78 is 23.6. The van der Waals surface area contributed by atoms with Gasteiger partial charge in [-0.15, -0.1) is 0 Å². The second kappa shape index (κ2) is 67.1. The average molecular weight is 1220 g/mol. The van der Waals surface area contributed by atoms with Crippen molar-refractivity contribution in [1.82, 2.24) is 5.32 Å². The maximum atomic E-state index is 13.1. The quantitative estimate of drug-likeness (QED) is 0.0272. The molecule has 3 unspecified atom stereocenters. The van der Waals surface area contributed by atoms with Gasteiger partial charge in [-0.2, -0.15) is 0 Å². The number of nitrogens with zero attached hydrogens (tertiary/aromatic N) is 1. The number of hydrogen-bond acceptors (Lipinski definition) is 6. The van der Waals surface area contributed by atoms with Crippen LogP contribution in [0.3, 0.4) is 0 Å². The number of carbonyl (C=O) groups is 1. The van der Waals surface area contributed by atoms with Crippen LogP contribution in [0.2, 0.25) is 0 Å². The Morgan fingerprint density at radius 1 is 0.412 bits per heavy atom. The normalized spacial score (nSPS) is 13.7. The Morgan fingerprint density at radius 3 is 0.988 bits per heavy atom. The van der Waals surface area contributed by atoms with Gasteiger partial charge in [0, 0.05) is 6.42 Å². The summed E-state index contributed by atoms with van der Waals surface area (Å²) >= 11 is 0. The van der Waals surface area contributed by atoms with Gasteiger partial charge in [-0.3, -0.25) is 9.36 Å². The highest BCUT2D eigenvalue weighted by atomic mass is 31.2. The van der Waals surface area contributed by atoms with Gasteiger partial charge in [-0.25, -0.2) is 0 Å². The molecule has 0 aromatic rings. The summed E-state index contributed by atoms with van der Waals surface area (Å²) in [7, 11) is 1.33. The second-order valence-electron chi connectivity index (χ2n) is 27.4. The van der Waals surface area contributed by atoms with Gasteiger partial charge in [-0.05, 0) is 51.4 Å². The van der Waals surface area contributed by atoms with Crippen LogP contribution in [0.4, 0.5) is 0 Å². The third-order valence-corrected chi connectivity index (χ3v) is 18.6. The van der Waals surface area contributed by atoms with E-state index >= 15 is 0 Å². The molecule has 0 aliphatic carbocycles. The smallest absolute Gasteiger partial charge is 0.268 e. The van der Waals surface area contributed by atoms with Crippen molar-refractivity contribution in [3.63, 3.8) is 0 Å². The number of amides is 1. The van der Waals surface area contributed by atoms with Crippen LogP contribution in [0.1, 0.15) is 393 Å². The molecular formula is C76H149N2O6P. The van der Waals surface area contributed by atoms with E-state index in [4.69, 9.17) is 9.05 Å². The first-order chi connectivity index (χ1) is 41.5. The van der Waals surface area contributed by atoms with Crippen LogP contribution >= 0.6 is 7.82 Å². The van der Waals surface area contributed by atoms with Crippen molar-refractivity contribution in [2.45, 2.75) is 405 Å². The number of nitrogens with one attached hydrogen (secondary N) is 1. The molecule has 0 rings (SSSR count). The van der Waals surface area contributed by atoms with E-state index < -0.39 is 20.0 Å². The number of unbranched alkanes of at least 4 members (excludes halogenated alkanes) is 52. The van der Waals surface area contributed by atoms with E-state index in [0.29, 0.717) is 23.9 Å². The van der Waals surface area contributed by atoms with E-state index in [0.717, 1.165) is 51.4 Å². The van der Waals surface area contributed by atoms with Gasteiger partial charge in [0.05, 0.1) is 39.9 Å². The summed E-state index contributed by atoms with van der Waals surface area (Å²) in [5, 5.41) is 14.1. The van der Waals surface area contributed by atoms with Crippen molar-refractivity contribution in [2.24, 2.45) is 0 Å². The number of quaternary nitrogens is 1. The molecule has 1 amide bonds. The van der Waals surface area contributed by atoms with E-state index in [1.807, 2.05) is 21.1 Å². The summed E-state index contributed by atoms with van der Waals surface area (Å²) in [5.41, 5.74) is 0. The SMILES string of the molecule is CCCCCCC/C=C\C/C=C\C/C=C\CCCCCCCCCCCCCCCCCCCCCCCCC(=O)NC(COP(=O)([O-])OCC[N+](C)(C)C)C(O)CCCCCCCCCCCCCCCCCCCCCCCCCCCC. The number of phosphoric ester groups is 1. The van der Waals surface area contributed by atoms with Gasteiger partial charge in [-0.1, -0.05) is 371 Å². The van der Waals surface area contributed by atoms with Crippen LogP contribution in [0.15, 0.2) is 36.5 Å². The summed E-state index contributed by atoms with van der Waals surface area (Å²) in [6.45, 7) is 4.77. The van der Waals surface area contributed by atoms with Gasteiger partial charge in [0.15, 0.2) is 0 Å². The first-order valence-electron chi connectivity index (χ1n) is 37.8. The molecule has 504 valence electrons. The molecular weight excluding hydrogens is 1070 g/mol. The zero-order valence-corrected chi connectivity index (χ0v) is 58.7. The fraction of sp³-hybridized carbons (Fsp3) is 0.908. The van der Waals surface area contributed by atoms with Crippen LogP contribution in [-0.2, 0) is 18.4 Å². The number of carbonyl (C=O) groups excluding carboxylic acids is 1. The molecule has 0 spiro atoms. The number of aliphatic hydroxyl groups is 1. The summed E-state index contributed by atoms with van der Waals surface area (Å²) in [6.07, 6.45) is 89.6.